The molecule has 1 saturated heterocycles. The number of nitrogens with one attached hydrogen (secondary N) is 1. The van der Waals surface area contributed by atoms with Crippen molar-refractivity contribution in [3.8, 4) is 0 Å². The highest BCUT2D eigenvalue weighted by molar-refractivity contribution is 5.32. The lowest BCUT2D eigenvalue weighted by molar-refractivity contribution is 0.148. The van der Waals surface area contributed by atoms with E-state index >= 15 is 0 Å². The Morgan fingerprint density at radius 2 is 2.17 bits per heavy atom. The van der Waals surface area contributed by atoms with Gasteiger partial charge in [0.2, 0.25) is 0 Å². The summed E-state index contributed by atoms with van der Waals surface area (Å²) in [4.78, 5) is 22.7. The summed E-state index contributed by atoms with van der Waals surface area (Å²) < 4.78 is 1.53. The summed E-state index contributed by atoms with van der Waals surface area (Å²) >= 11 is 0. The van der Waals surface area contributed by atoms with Crippen molar-refractivity contribution in [2.45, 2.75) is 38.8 Å². The molecule has 24 heavy (non-hydrogen) atoms. The summed E-state index contributed by atoms with van der Waals surface area (Å²) in [5, 5.41) is 7.55. The van der Waals surface area contributed by atoms with E-state index in [2.05, 4.69) is 25.3 Å². The lowest BCUT2D eigenvalue weighted by Gasteiger charge is -2.35. The summed E-state index contributed by atoms with van der Waals surface area (Å²) in [6, 6.07) is 5.58. The zero-order valence-electron chi connectivity index (χ0n) is 14.1. The topological polar surface area (TPSA) is 75.9 Å². The highest BCUT2D eigenvalue weighted by Gasteiger charge is 2.22. The molecule has 0 radical (unpaired) electrons. The van der Waals surface area contributed by atoms with Gasteiger partial charge in [0, 0.05) is 37.6 Å². The third-order valence-electron chi connectivity index (χ3n) is 4.43. The molecule has 0 spiro atoms. The number of anilines is 1. The SMILES string of the molecule is Cc1nccc(NCC2CCCCN2CCn2ncccc2=O)n1. The van der Waals surface area contributed by atoms with Gasteiger partial charge in [-0.15, -0.1) is 0 Å². The number of likely N-dealkylation sites (tertiary alicyclic amines) is 1. The summed E-state index contributed by atoms with van der Waals surface area (Å²) in [5.41, 5.74) is -0.0411. The van der Waals surface area contributed by atoms with E-state index in [0.717, 1.165) is 37.7 Å². The molecule has 1 fully saturated rings. The van der Waals surface area contributed by atoms with Crippen LogP contribution in [0.25, 0.3) is 0 Å². The lowest BCUT2D eigenvalue weighted by Crippen LogP contribution is -2.45. The molecule has 0 saturated carbocycles. The Labute approximate surface area is 141 Å². The normalized spacial score (nSPS) is 18.5. The Morgan fingerprint density at radius 1 is 1.25 bits per heavy atom. The standard InChI is InChI=1S/C17H24N6O/c1-14-18-9-7-16(21-14)19-13-15-5-2-3-10-22(15)11-12-23-17(24)6-4-8-20-23/h4,6-9,15H,2-3,5,10-13H2,1H3,(H,18,19,21). The summed E-state index contributed by atoms with van der Waals surface area (Å²) in [6.45, 7) is 5.28. The van der Waals surface area contributed by atoms with E-state index < -0.39 is 0 Å². The molecule has 128 valence electrons. The van der Waals surface area contributed by atoms with Gasteiger partial charge in [0.15, 0.2) is 0 Å². The van der Waals surface area contributed by atoms with Crippen molar-refractivity contribution in [1.82, 2.24) is 24.6 Å². The molecular weight excluding hydrogens is 304 g/mol. The minimum atomic E-state index is -0.0411. The summed E-state index contributed by atoms with van der Waals surface area (Å²) in [7, 11) is 0. The molecule has 3 rings (SSSR count). The van der Waals surface area contributed by atoms with Crippen LogP contribution in [0.2, 0.25) is 0 Å². The molecule has 7 nitrogen and oxygen atoms in total. The molecule has 1 aliphatic rings. The number of hydrogen-bond acceptors (Lipinski definition) is 6. The molecule has 7 heteroatoms. The van der Waals surface area contributed by atoms with Gasteiger partial charge in [-0.1, -0.05) is 6.42 Å². The molecule has 2 aromatic rings. The Morgan fingerprint density at radius 3 is 3.00 bits per heavy atom. The van der Waals surface area contributed by atoms with Crippen LogP contribution in [-0.2, 0) is 6.54 Å². The van der Waals surface area contributed by atoms with Crippen LogP contribution in [0.5, 0.6) is 0 Å². The van der Waals surface area contributed by atoms with Crippen LogP contribution < -0.4 is 10.9 Å². The molecule has 1 atom stereocenters. The third-order valence-corrected chi connectivity index (χ3v) is 4.43. The van der Waals surface area contributed by atoms with Crippen LogP contribution in [0, 0.1) is 6.92 Å². The molecule has 1 aliphatic heterocycles. The maximum absolute atomic E-state index is 11.8. The van der Waals surface area contributed by atoms with Crippen LogP contribution in [0.15, 0.2) is 35.4 Å². The van der Waals surface area contributed by atoms with Gasteiger partial charge in [-0.2, -0.15) is 5.10 Å². The smallest absolute Gasteiger partial charge is 0.266 e. The van der Waals surface area contributed by atoms with Gasteiger partial charge < -0.3 is 5.32 Å². The summed E-state index contributed by atoms with van der Waals surface area (Å²) in [6.07, 6.45) is 7.05. The Bertz CT molecular complexity index is 716. The van der Waals surface area contributed by atoms with Gasteiger partial charge in [0.25, 0.3) is 5.56 Å². The number of aromatic nitrogens is 4. The van der Waals surface area contributed by atoms with E-state index in [1.54, 1.807) is 24.5 Å². The molecule has 0 amide bonds. The molecule has 1 N–H and O–H groups in total. The van der Waals surface area contributed by atoms with Gasteiger partial charge in [-0.25, -0.2) is 14.6 Å². The third kappa shape index (κ3) is 4.38. The van der Waals surface area contributed by atoms with Crippen molar-refractivity contribution in [1.29, 1.82) is 0 Å². The second kappa shape index (κ2) is 8.01. The van der Waals surface area contributed by atoms with Crippen molar-refractivity contribution >= 4 is 5.82 Å². The predicted molar refractivity (Wildman–Crippen MR) is 93.0 cm³/mol. The van der Waals surface area contributed by atoms with Crippen LogP contribution in [0.1, 0.15) is 25.1 Å². The molecule has 2 aromatic heterocycles. The quantitative estimate of drug-likeness (QED) is 0.862. The van der Waals surface area contributed by atoms with Gasteiger partial charge in [0.05, 0.1) is 6.54 Å². The highest BCUT2D eigenvalue weighted by Crippen LogP contribution is 2.17. The molecule has 0 aliphatic carbocycles. The first-order chi connectivity index (χ1) is 11.7. The highest BCUT2D eigenvalue weighted by atomic mass is 16.1. The predicted octanol–water partition coefficient (Wildman–Crippen LogP) is 1.31. The zero-order chi connectivity index (χ0) is 16.8. The Hall–Kier alpha value is -2.28. The van der Waals surface area contributed by atoms with E-state index in [0.29, 0.717) is 12.6 Å². The average molecular weight is 328 g/mol. The first-order valence-corrected chi connectivity index (χ1v) is 8.52. The van der Waals surface area contributed by atoms with Crippen molar-refractivity contribution < 1.29 is 0 Å². The van der Waals surface area contributed by atoms with Crippen molar-refractivity contribution in [3.63, 3.8) is 0 Å². The van der Waals surface area contributed by atoms with Gasteiger partial charge >= 0.3 is 0 Å². The fourth-order valence-corrected chi connectivity index (χ4v) is 3.14. The van der Waals surface area contributed by atoms with Gasteiger partial charge in [-0.3, -0.25) is 9.69 Å². The summed E-state index contributed by atoms with van der Waals surface area (Å²) in [5.74, 6) is 1.64. The van der Waals surface area contributed by atoms with E-state index in [1.807, 2.05) is 13.0 Å². The van der Waals surface area contributed by atoms with E-state index in [4.69, 9.17) is 0 Å². The maximum atomic E-state index is 11.8. The lowest BCUT2D eigenvalue weighted by atomic mass is 10.0. The van der Waals surface area contributed by atoms with Crippen molar-refractivity contribution in [2.24, 2.45) is 0 Å². The zero-order valence-corrected chi connectivity index (χ0v) is 14.1. The van der Waals surface area contributed by atoms with Crippen LogP contribution in [0.4, 0.5) is 5.82 Å². The first-order valence-electron chi connectivity index (χ1n) is 8.52. The molecule has 0 bridgehead atoms. The van der Waals surface area contributed by atoms with E-state index in [9.17, 15) is 4.79 Å². The van der Waals surface area contributed by atoms with Crippen molar-refractivity contribution in [2.75, 3.05) is 25.0 Å². The van der Waals surface area contributed by atoms with Crippen molar-refractivity contribution in [3.05, 3.63) is 46.8 Å². The number of rotatable bonds is 6. The number of aryl methyl sites for hydroxylation is 1. The van der Waals surface area contributed by atoms with Crippen LogP contribution in [-0.4, -0.2) is 50.3 Å². The minimum absolute atomic E-state index is 0.0411. The van der Waals surface area contributed by atoms with E-state index in [-0.39, 0.29) is 5.56 Å². The first kappa shape index (κ1) is 16.6. The number of piperidine rings is 1. The van der Waals surface area contributed by atoms with Crippen LogP contribution in [0.3, 0.4) is 0 Å². The molecular formula is C17H24N6O. The number of hydrogen-bond donors (Lipinski definition) is 1. The fourth-order valence-electron chi connectivity index (χ4n) is 3.14. The van der Waals surface area contributed by atoms with E-state index in [1.165, 1.54) is 17.5 Å². The largest absolute Gasteiger partial charge is 0.368 e. The second-order valence-corrected chi connectivity index (χ2v) is 6.14. The molecule has 0 aromatic carbocycles. The number of nitrogens with zero attached hydrogens (tertiary/aromatic N) is 5. The minimum Gasteiger partial charge on any atom is -0.368 e. The van der Waals surface area contributed by atoms with Crippen LogP contribution >= 0.6 is 0 Å². The maximum Gasteiger partial charge on any atom is 0.266 e. The fraction of sp³-hybridized carbons (Fsp3) is 0.529. The van der Waals surface area contributed by atoms with Gasteiger partial charge in [0.1, 0.15) is 11.6 Å². The molecule has 3 heterocycles. The Balaban J connectivity index is 1.57. The molecule has 1 unspecified atom stereocenters. The monoisotopic (exact) mass is 328 g/mol. The van der Waals surface area contributed by atoms with Gasteiger partial charge in [-0.05, 0) is 38.4 Å². The Kier molecular flexibility index (Phi) is 5.53. The second-order valence-electron chi connectivity index (χ2n) is 6.14. The average Bonchev–Trinajstić information content (AvgIpc) is 2.60.